The van der Waals surface area contributed by atoms with E-state index in [1.165, 1.54) is 14.2 Å². The zero-order valence-electron chi connectivity index (χ0n) is 11.9. The Morgan fingerprint density at radius 3 is 2.57 bits per heavy atom. The summed E-state index contributed by atoms with van der Waals surface area (Å²) in [6, 6.07) is 6.99. The van der Waals surface area contributed by atoms with Gasteiger partial charge in [0.1, 0.15) is 5.56 Å². The normalized spacial score (nSPS) is 14.0. The molecular weight excluding hydrogens is 270 g/mol. The second kappa shape index (κ2) is 5.16. The maximum Gasteiger partial charge on any atom is 0.343 e. The average Bonchev–Trinajstić information content (AvgIpc) is 3.36. The molecular formula is C16H15NO4. The van der Waals surface area contributed by atoms with Crippen molar-refractivity contribution < 1.29 is 19.1 Å². The standard InChI is InChI=1S/C16H15NO4/c1-20-15-12(16(19)21-2)7-10-5-6-11(8-13(10)17-15)14(18)9-3-4-9/h5-9H,3-4H2,1-2H3. The number of esters is 1. The largest absolute Gasteiger partial charge is 0.480 e. The minimum Gasteiger partial charge on any atom is -0.480 e. The summed E-state index contributed by atoms with van der Waals surface area (Å²) in [5.74, 6) is 0.0261. The Bertz CT molecular complexity index is 734. The number of ether oxygens (including phenoxy) is 2. The fourth-order valence-electron chi connectivity index (χ4n) is 2.30. The van der Waals surface area contributed by atoms with Gasteiger partial charge < -0.3 is 9.47 Å². The van der Waals surface area contributed by atoms with Crippen LogP contribution in [0.15, 0.2) is 24.3 Å². The molecule has 0 saturated heterocycles. The van der Waals surface area contributed by atoms with Crippen molar-refractivity contribution >= 4 is 22.7 Å². The molecule has 1 aromatic heterocycles. The van der Waals surface area contributed by atoms with Crippen LogP contribution in [0, 0.1) is 5.92 Å². The zero-order valence-corrected chi connectivity index (χ0v) is 11.9. The molecule has 1 heterocycles. The number of pyridine rings is 1. The number of aromatic nitrogens is 1. The van der Waals surface area contributed by atoms with Crippen LogP contribution in [0.1, 0.15) is 33.6 Å². The number of ketones is 1. The van der Waals surface area contributed by atoms with Gasteiger partial charge in [-0.05, 0) is 25.0 Å². The fraction of sp³-hybridized carbons (Fsp3) is 0.312. The van der Waals surface area contributed by atoms with E-state index in [1.807, 2.05) is 0 Å². The third-order valence-corrected chi connectivity index (χ3v) is 3.61. The quantitative estimate of drug-likeness (QED) is 0.638. The predicted octanol–water partition coefficient (Wildman–Crippen LogP) is 2.62. The smallest absolute Gasteiger partial charge is 0.343 e. The van der Waals surface area contributed by atoms with E-state index in [0.29, 0.717) is 11.1 Å². The van der Waals surface area contributed by atoms with E-state index in [9.17, 15) is 9.59 Å². The van der Waals surface area contributed by atoms with Gasteiger partial charge >= 0.3 is 5.97 Å². The lowest BCUT2D eigenvalue weighted by molar-refractivity contribution is 0.0596. The first-order valence-electron chi connectivity index (χ1n) is 6.75. The molecule has 1 fully saturated rings. The molecule has 5 nitrogen and oxygen atoms in total. The van der Waals surface area contributed by atoms with E-state index >= 15 is 0 Å². The van der Waals surface area contributed by atoms with E-state index in [-0.39, 0.29) is 23.1 Å². The van der Waals surface area contributed by atoms with Gasteiger partial charge in [0.25, 0.3) is 0 Å². The van der Waals surface area contributed by atoms with Crippen molar-refractivity contribution in [2.24, 2.45) is 5.92 Å². The van der Waals surface area contributed by atoms with Crippen LogP contribution >= 0.6 is 0 Å². The summed E-state index contributed by atoms with van der Waals surface area (Å²) >= 11 is 0. The Labute approximate surface area is 121 Å². The minimum atomic E-state index is -0.501. The molecule has 0 unspecified atom stereocenters. The van der Waals surface area contributed by atoms with Crippen molar-refractivity contribution in [1.82, 2.24) is 4.98 Å². The molecule has 0 bridgehead atoms. The van der Waals surface area contributed by atoms with Gasteiger partial charge in [0.05, 0.1) is 19.7 Å². The van der Waals surface area contributed by atoms with E-state index in [1.54, 1.807) is 24.3 Å². The van der Waals surface area contributed by atoms with Crippen LogP contribution in [0.25, 0.3) is 10.9 Å². The Kier molecular flexibility index (Phi) is 3.33. The highest BCUT2D eigenvalue weighted by Crippen LogP contribution is 2.33. The number of nitrogens with zero attached hydrogens (tertiary/aromatic N) is 1. The van der Waals surface area contributed by atoms with Gasteiger partial charge in [0, 0.05) is 16.9 Å². The maximum atomic E-state index is 12.1. The maximum absolute atomic E-state index is 12.1. The Morgan fingerprint density at radius 2 is 1.95 bits per heavy atom. The van der Waals surface area contributed by atoms with Gasteiger partial charge in [0.15, 0.2) is 5.78 Å². The molecule has 2 aromatic rings. The van der Waals surface area contributed by atoms with Gasteiger partial charge in [-0.15, -0.1) is 0 Å². The average molecular weight is 285 g/mol. The summed E-state index contributed by atoms with van der Waals surface area (Å²) in [7, 11) is 2.75. The third kappa shape index (κ3) is 2.46. The predicted molar refractivity (Wildman–Crippen MR) is 76.7 cm³/mol. The topological polar surface area (TPSA) is 65.5 Å². The van der Waals surface area contributed by atoms with Crippen molar-refractivity contribution in [3.8, 4) is 5.88 Å². The van der Waals surface area contributed by atoms with Crippen LogP contribution in [-0.2, 0) is 4.74 Å². The number of hydrogen-bond acceptors (Lipinski definition) is 5. The molecule has 0 amide bonds. The number of Topliss-reactive ketones (excluding diaryl/α,β-unsaturated/α-hetero) is 1. The van der Waals surface area contributed by atoms with Gasteiger partial charge in [-0.2, -0.15) is 0 Å². The van der Waals surface area contributed by atoms with Crippen LogP contribution in [-0.4, -0.2) is 31.0 Å². The van der Waals surface area contributed by atoms with Crippen molar-refractivity contribution in [2.45, 2.75) is 12.8 Å². The Balaban J connectivity index is 2.09. The number of methoxy groups -OCH3 is 2. The Morgan fingerprint density at radius 1 is 1.19 bits per heavy atom. The first-order chi connectivity index (χ1) is 10.1. The highest BCUT2D eigenvalue weighted by molar-refractivity contribution is 6.03. The summed E-state index contributed by atoms with van der Waals surface area (Å²) < 4.78 is 9.86. The summed E-state index contributed by atoms with van der Waals surface area (Å²) in [5.41, 5.74) is 1.56. The molecule has 5 heteroatoms. The summed E-state index contributed by atoms with van der Waals surface area (Å²) in [6.45, 7) is 0. The number of benzene rings is 1. The number of carbonyl (C=O) groups is 2. The molecule has 21 heavy (non-hydrogen) atoms. The van der Waals surface area contributed by atoms with Gasteiger partial charge in [-0.25, -0.2) is 9.78 Å². The lowest BCUT2D eigenvalue weighted by atomic mass is 10.0. The number of carbonyl (C=O) groups excluding carboxylic acids is 2. The summed E-state index contributed by atoms with van der Waals surface area (Å²) in [5, 5.41) is 0.767. The minimum absolute atomic E-state index is 0.162. The first kappa shape index (κ1) is 13.5. The molecule has 108 valence electrons. The lowest BCUT2D eigenvalue weighted by Crippen LogP contribution is -2.06. The van der Waals surface area contributed by atoms with Crippen LogP contribution in [0.3, 0.4) is 0 Å². The monoisotopic (exact) mass is 285 g/mol. The van der Waals surface area contributed by atoms with Crippen LogP contribution in [0.4, 0.5) is 0 Å². The van der Waals surface area contributed by atoms with Gasteiger partial charge in [0.2, 0.25) is 5.88 Å². The van der Waals surface area contributed by atoms with Crippen LogP contribution in [0.5, 0.6) is 5.88 Å². The molecule has 0 atom stereocenters. The number of rotatable bonds is 4. The molecule has 1 aromatic carbocycles. The molecule has 1 aliphatic carbocycles. The van der Waals surface area contributed by atoms with Gasteiger partial charge in [-0.3, -0.25) is 4.79 Å². The SMILES string of the molecule is COC(=O)c1cc2ccc(C(=O)C3CC3)cc2nc1OC. The molecule has 3 rings (SSSR count). The number of fused-ring (bicyclic) bond motifs is 1. The molecule has 0 spiro atoms. The van der Waals surface area contributed by atoms with Gasteiger partial charge in [-0.1, -0.05) is 12.1 Å². The van der Waals surface area contributed by atoms with Crippen molar-refractivity contribution in [3.63, 3.8) is 0 Å². The van der Waals surface area contributed by atoms with Crippen LogP contribution in [0.2, 0.25) is 0 Å². The molecule has 1 saturated carbocycles. The highest BCUT2D eigenvalue weighted by Gasteiger charge is 2.30. The van der Waals surface area contributed by atoms with Crippen LogP contribution < -0.4 is 4.74 Å². The summed E-state index contributed by atoms with van der Waals surface area (Å²) in [6.07, 6.45) is 1.93. The third-order valence-electron chi connectivity index (χ3n) is 3.61. The Hall–Kier alpha value is -2.43. The molecule has 0 N–H and O–H groups in total. The van der Waals surface area contributed by atoms with Crippen molar-refractivity contribution in [3.05, 3.63) is 35.4 Å². The van der Waals surface area contributed by atoms with Crippen molar-refractivity contribution in [2.75, 3.05) is 14.2 Å². The molecule has 0 radical (unpaired) electrons. The number of hydrogen-bond donors (Lipinski definition) is 0. The van der Waals surface area contributed by atoms with E-state index in [2.05, 4.69) is 4.98 Å². The second-order valence-electron chi connectivity index (χ2n) is 5.08. The van der Waals surface area contributed by atoms with E-state index in [0.717, 1.165) is 18.2 Å². The highest BCUT2D eigenvalue weighted by atomic mass is 16.5. The molecule has 0 aliphatic heterocycles. The fourth-order valence-corrected chi connectivity index (χ4v) is 2.30. The molecule has 1 aliphatic rings. The van der Waals surface area contributed by atoms with Crippen molar-refractivity contribution in [1.29, 1.82) is 0 Å². The lowest BCUT2D eigenvalue weighted by Gasteiger charge is -2.08. The zero-order chi connectivity index (χ0) is 15.0. The van der Waals surface area contributed by atoms with E-state index < -0.39 is 5.97 Å². The van der Waals surface area contributed by atoms with E-state index in [4.69, 9.17) is 9.47 Å². The summed E-state index contributed by atoms with van der Waals surface area (Å²) in [4.78, 5) is 28.1. The second-order valence-corrected chi connectivity index (χ2v) is 5.08. The first-order valence-corrected chi connectivity index (χ1v) is 6.75.